The number of nitrogens with one attached hydrogen (secondary N) is 2. The molecule has 1 aliphatic rings. The molecule has 0 saturated carbocycles. The van der Waals surface area contributed by atoms with Crippen LogP contribution in [-0.4, -0.2) is 77.1 Å². The van der Waals surface area contributed by atoms with Crippen molar-refractivity contribution in [2.24, 2.45) is 0 Å². The van der Waals surface area contributed by atoms with E-state index < -0.39 is 10.1 Å². The lowest BCUT2D eigenvalue weighted by Gasteiger charge is -2.34. The Kier molecular flexibility index (Phi) is 8.26. The molecule has 0 radical (unpaired) electrons. The van der Waals surface area contributed by atoms with Crippen LogP contribution in [0.1, 0.15) is 21.5 Å². The van der Waals surface area contributed by atoms with Crippen LogP contribution in [0.3, 0.4) is 0 Å². The fourth-order valence-electron chi connectivity index (χ4n) is 3.96. The molecule has 36 heavy (non-hydrogen) atoms. The van der Waals surface area contributed by atoms with Gasteiger partial charge in [-0.05, 0) is 48.4 Å². The summed E-state index contributed by atoms with van der Waals surface area (Å²) in [6.07, 6.45) is 3.32. The van der Waals surface area contributed by atoms with Crippen LogP contribution in [0.2, 0.25) is 0 Å². The summed E-state index contributed by atoms with van der Waals surface area (Å²) in [6.45, 7) is 6.18. The Bertz CT molecular complexity index is 1280. The van der Waals surface area contributed by atoms with Gasteiger partial charge in [-0.2, -0.15) is 8.42 Å². The number of hydrogen-bond donors (Lipinski definition) is 3. The number of aryl methyl sites for hydroxylation is 1. The van der Waals surface area contributed by atoms with Gasteiger partial charge in [-0.3, -0.25) is 19.1 Å². The zero-order valence-corrected chi connectivity index (χ0v) is 20.9. The van der Waals surface area contributed by atoms with E-state index in [1.54, 1.807) is 18.5 Å². The maximum absolute atomic E-state index is 12.8. The second kappa shape index (κ2) is 11.6. The smallest absolute Gasteiger partial charge is 0.266 e. The summed E-state index contributed by atoms with van der Waals surface area (Å²) < 4.78 is 30.8. The minimum absolute atomic E-state index is 0.195. The van der Waals surface area contributed by atoms with Gasteiger partial charge in [0.1, 0.15) is 0 Å². The first-order chi connectivity index (χ1) is 17.2. The molecule has 0 atom stereocenters. The van der Waals surface area contributed by atoms with Gasteiger partial charge in [0, 0.05) is 68.6 Å². The number of rotatable bonds is 9. The molecule has 11 heteroatoms. The molecule has 1 fully saturated rings. The Morgan fingerprint density at radius 1 is 1.00 bits per heavy atom. The van der Waals surface area contributed by atoms with E-state index in [4.69, 9.17) is 4.55 Å². The monoisotopic (exact) mass is 510 g/mol. The van der Waals surface area contributed by atoms with Gasteiger partial charge >= 0.3 is 0 Å². The van der Waals surface area contributed by atoms with Gasteiger partial charge in [-0.25, -0.2) is 9.97 Å². The van der Waals surface area contributed by atoms with Crippen LogP contribution in [0.15, 0.2) is 60.9 Å². The number of carbonyl (C=O) groups is 1. The van der Waals surface area contributed by atoms with Crippen molar-refractivity contribution in [1.29, 1.82) is 0 Å². The first-order valence-corrected chi connectivity index (χ1v) is 13.3. The minimum atomic E-state index is -3.93. The Balaban J connectivity index is 1.29. The van der Waals surface area contributed by atoms with E-state index in [0.29, 0.717) is 23.7 Å². The third kappa shape index (κ3) is 7.56. The van der Waals surface area contributed by atoms with Crippen molar-refractivity contribution in [2.75, 3.05) is 49.1 Å². The van der Waals surface area contributed by atoms with Gasteiger partial charge in [0.05, 0.1) is 5.75 Å². The van der Waals surface area contributed by atoms with Crippen molar-refractivity contribution < 1.29 is 17.8 Å². The largest absolute Gasteiger partial charge is 0.324 e. The van der Waals surface area contributed by atoms with Crippen molar-refractivity contribution in [3.05, 3.63) is 77.6 Å². The van der Waals surface area contributed by atoms with E-state index in [1.165, 1.54) is 0 Å². The van der Waals surface area contributed by atoms with Crippen molar-refractivity contribution in [3.8, 4) is 0 Å². The van der Waals surface area contributed by atoms with Gasteiger partial charge < -0.3 is 10.6 Å². The summed E-state index contributed by atoms with van der Waals surface area (Å²) in [5, 5.41) is 6.11. The van der Waals surface area contributed by atoms with E-state index >= 15 is 0 Å². The first kappa shape index (κ1) is 25.7. The quantitative estimate of drug-likeness (QED) is 0.372. The fraction of sp³-hybridized carbons (Fsp3) is 0.320. The van der Waals surface area contributed by atoms with Crippen LogP contribution in [0.5, 0.6) is 0 Å². The van der Waals surface area contributed by atoms with Crippen LogP contribution < -0.4 is 10.6 Å². The molecule has 1 amide bonds. The maximum atomic E-state index is 12.8. The molecular formula is C25H30N6O4S. The van der Waals surface area contributed by atoms with Crippen molar-refractivity contribution >= 4 is 33.3 Å². The lowest BCUT2D eigenvalue weighted by molar-refractivity contribution is 0.102. The number of carbonyl (C=O) groups excluding carboxylic acids is 1. The van der Waals surface area contributed by atoms with Gasteiger partial charge in [0.2, 0.25) is 5.95 Å². The van der Waals surface area contributed by atoms with Gasteiger partial charge in [0.15, 0.2) is 0 Å². The normalized spacial score (nSPS) is 14.9. The Morgan fingerprint density at radius 3 is 2.33 bits per heavy atom. The fourth-order valence-corrected chi connectivity index (χ4v) is 4.45. The van der Waals surface area contributed by atoms with Gasteiger partial charge in [0.25, 0.3) is 16.0 Å². The summed E-state index contributed by atoms with van der Waals surface area (Å²) in [5.41, 5.74) is 4.15. The molecule has 3 aromatic rings. The SMILES string of the molecule is Cc1ccc(NC(=O)c2ccc(CN3CCN(CCS(=O)(=O)O)CC3)cc2)cc1Nc1ncccn1. The third-order valence-electron chi connectivity index (χ3n) is 6.06. The minimum Gasteiger partial charge on any atom is -0.324 e. The Morgan fingerprint density at radius 2 is 1.67 bits per heavy atom. The summed E-state index contributed by atoms with van der Waals surface area (Å²) in [5.74, 6) is 0.0530. The molecule has 2 aromatic carbocycles. The molecule has 3 N–H and O–H groups in total. The first-order valence-electron chi connectivity index (χ1n) is 11.7. The lowest BCUT2D eigenvalue weighted by Crippen LogP contribution is -2.47. The molecule has 1 aromatic heterocycles. The second-order valence-corrected chi connectivity index (χ2v) is 10.4. The molecule has 4 rings (SSSR count). The molecule has 1 aliphatic heterocycles. The molecule has 0 bridgehead atoms. The van der Waals surface area contributed by atoms with E-state index in [-0.39, 0.29) is 11.7 Å². The third-order valence-corrected chi connectivity index (χ3v) is 6.76. The molecule has 1 saturated heterocycles. The molecule has 0 aliphatic carbocycles. The summed E-state index contributed by atoms with van der Waals surface area (Å²) in [4.78, 5) is 25.5. The Labute approximate surface area is 211 Å². The van der Waals surface area contributed by atoms with Gasteiger partial charge in [-0.15, -0.1) is 0 Å². The molecule has 0 unspecified atom stereocenters. The number of benzene rings is 2. The molecule has 190 valence electrons. The van der Waals surface area contributed by atoms with Crippen molar-refractivity contribution in [3.63, 3.8) is 0 Å². The highest BCUT2D eigenvalue weighted by molar-refractivity contribution is 7.85. The lowest BCUT2D eigenvalue weighted by atomic mass is 10.1. The number of nitrogens with zero attached hydrogens (tertiary/aromatic N) is 4. The van der Waals surface area contributed by atoms with Crippen LogP contribution in [0, 0.1) is 6.92 Å². The Hall–Kier alpha value is -3.38. The van der Waals surface area contributed by atoms with Crippen LogP contribution in [-0.2, 0) is 16.7 Å². The van der Waals surface area contributed by atoms with Gasteiger partial charge in [-0.1, -0.05) is 18.2 Å². The highest BCUT2D eigenvalue weighted by Gasteiger charge is 2.18. The number of aromatic nitrogens is 2. The highest BCUT2D eigenvalue weighted by atomic mass is 32.2. The second-order valence-electron chi connectivity index (χ2n) is 8.78. The van der Waals surface area contributed by atoms with E-state index in [9.17, 15) is 13.2 Å². The zero-order chi connectivity index (χ0) is 25.5. The van der Waals surface area contributed by atoms with Crippen molar-refractivity contribution in [1.82, 2.24) is 19.8 Å². The zero-order valence-electron chi connectivity index (χ0n) is 20.1. The standard InChI is InChI=1S/C25H30N6O4S/c1-19-3-8-22(17-23(19)29-25-26-9-2-10-27-25)28-24(32)21-6-4-20(5-7-21)18-31-13-11-30(12-14-31)15-16-36(33,34)35/h2-10,17H,11-16,18H2,1H3,(H,28,32)(H,26,27,29)(H,33,34,35). The molecular weight excluding hydrogens is 480 g/mol. The topological polar surface area (TPSA) is 128 Å². The number of amides is 1. The molecule has 0 spiro atoms. The highest BCUT2D eigenvalue weighted by Crippen LogP contribution is 2.23. The average molecular weight is 511 g/mol. The summed E-state index contributed by atoms with van der Waals surface area (Å²) >= 11 is 0. The molecule has 2 heterocycles. The molecule has 10 nitrogen and oxygen atoms in total. The number of anilines is 3. The number of piperazine rings is 1. The van der Waals surface area contributed by atoms with E-state index in [0.717, 1.165) is 49.5 Å². The van der Waals surface area contributed by atoms with Crippen LogP contribution in [0.25, 0.3) is 0 Å². The summed E-state index contributed by atoms with van der Waals surface area (Å²) in [7, 11) is -3.93. The van der Waals surface area contributed by atoms with Crippen molar-refractivity contribution in [2.45, 2.75) is 13.5 Å². The average Bonchev–Trinajstić information content (AvgIpc) is 2.86. The maximum Gasteiger partial charge on any atom is 0.266 e. The number of hydrogen-bond acceptors (Lipinski definition) is 8. The summed E-state index contributed by atoms with van der Waals surface area (Å²) in [6, 6.07) is 14.9. The van der Waals surface area contributed by atoms with E-state index in [2.05, 4.69) is 25.5 Å². The predicted molar refractivity (Wildman–Crippen MR) is 139 cm³/mol. The predicted octanol–water partition coefficient (Wildman–Crippen LogP) is 2.79. The van der Waals surface area contributed by atoms with Crippen LogP contribution in [0.4, 0.5) is 17.3 Å². The van der Waals surface area contributed by atoms with E-state index in [1.807, 2.05) is 54.3 Å². The van der Waals surface area contributed by atoms with Crippen LogP contribution >= 0.6 is 0 Å².